The number of H-pyrrole nitrogens is 1. The van der Waals surface area contributed by atoms with Crippen molar-refractivity contribution in [2.75, 3.05) is 32.8 Å². The van der Waals surface area contributed by atoms with Crippen molar-refractivity contribution in [3.63, 3.8) is 0 Å². The van der Waals surface area contributed by atoms with Gasteiger partial charge in [0.2, 0.25) is 0 Å². The van der Waals surface area contributed by atoms with E-state index in [0.29, 0.717) is 30.6 Å². The van der Waals surface area contributed by atoms with Crippen LogP contribution in [-0.4, -0.2) is 73.8 Å². The number of tetrazole rings is 1. The Morgan fingerprint density at radius 2 is 1.79 bits per heavy atom. The molecular formula is C30H37N7O2. The van der Waals surface area contributed by atoms with Gasteiger partial charge >= 0.3 is 0 Å². The van der Waals surface area contributed by atoms with E-state index in [2.05, 4.69) is 42.4 Å². The number of piperazine rings is 1. The molecule has 1 aliphatic carbocycles. The first kappa shape index (κ1) is 25.7. The molecule has 2 fully saturated rings. The second-order valence-electron chi connectivity index (χ2n) is 10.7. The fourth-order valence-electron chi connectivity index (χ4n) is 6.24. The molecule has 1 saturated carbocycles. The molecule has 1 unspecified atom stereocenters. The van der Waals surface area contributed by atoms with Crippen LogP contribution in [0.5, 0.6) is 5.75 Å². The van der Waals surface area contributed by atoms with Crippen LogP contribution >= 0.6 is 0 Å². The Morgan fingerprint density at radius 1 is 1.00 bits per heavy atom. The highest BCUT2D eigenvalue weighted by molar-refractivity contribution is 5.80. The molecule has 1 atom stereocenters. The van der Waals surface area contributed by atoms with Gasteiger partial charge in [0.15, 0.2) is 5.82 Å². The van der Waals surface area contributed by atoms with Gasteiger partial charge in [0.05, 0.1) is 13.2 Å². The van der Waals surface area contributed by atoms with Crippen LogP contribution in [0.4, 0.5) is 0 Å². The van der Waals surface area contributed by atoms with Crippen LogP contribution in [0.15, 0.2) is 59.4 Å². The molecular weight excluding hydrogens is 490 g/mol. The van der Waals surface area contributed by atoms with Crippen molar-refractivity contribution in [2.45, 2.75) is 57.7 Å². The quantitative estimate of drug-likeness (QED) is 0.370. The summed E-state index contributed by atoms with van der Waals surface area (Å²) in [4.78, 5) is 21.8. The Balaban J connectivity index is 1.37. The molecule has 3 heterocycles. The van der Waals surface area contributed by atoms with Crippen molar-refractivity contribution in [2.24, 2.45) is 0 Å². The van der Waals surface area contributed by atoms with E-state index in [-0.39, 0.29) is 11.6 Å². The summed E-state index contributed by atoms with van der Waals surface area (Å²) in [7, 11) is 0. The highest BCUT2D eigenvalue weighted by atomic mass is 16.5. The summed E-state index contributed by atoms with van der Waals surface area (Å²) in [6, 6.07) is 18.3. The maximum absolute atomic E-state index is 13.6. The molecule has 6 rings (SSSR count). The second kappa shape index (κ2) is 11.7. The average Bonchev–Trinajstić information content (AvgIpc) is 3.42. The Labute approximate surface area is 228 Å². The number of nitrogens with zero attached hydrogens (tertiary/aromatic N) is 6. The minimum Gasteiger partial charge on any atom is -0.494 e. The van der Waals surface area contributed by atoms with Gasteiger partial charge in [-0.15, -0.1) is 5.10 Å². The molecule has 0 spiro atoms. The van der Waals surface area contributed by atoms with E-state index in [1.807, 2.05) is 54.1 Å². The number of nitrogens with one attached hydrogen (secondary N) is 1. The topological polar surface area (TPSA) is 92.2 Å². The lowest BCUT2D eigenvalue weighted by molar-refractivity contribution is 0.0618. The van der Waals surface area contributed by atoms with Crippen molar-refractivity contribution in [1.82, 2.24) is 35.0 Å². The number of ether oxygens (including phenoxy) is 1. The largest absolute Gasteiger partial charge is 0.494 e. The summed E-state index contributed by atoms with van der Waals surface area (Å²) in [6.07, 6.45) is 6.62. The Hall–Kier alpha value is -3.56. The van der Waals surface area contributed by atoms with E-state index >= 15 is 0 Å². The van der Waals surface area contributed by atoms with E-state index in [4.69, 9.17) is 4.74 Å². The van der Waals surface area contributed by atoms with E-state index in [0.717, 1.165) is 48.4 Å². The number of rotatable bonds is 8. The number of fused-ring (bicyclic) bond motifs is 1. The highest BCUT2D eigenvalue weighted by Gasteiger charge is 2.34. The van der Waals surface area contributed by atoms with Gasteiger partial charge in [-0.25, -0.2) is 4.68 Å². The van der Waals surface area contributed by atoms with Crippen LogP contribution in [0.25, 0.3) is 10.9 Å². The van der Waals surface area contributed by atoms with Crippen LogP contribution in [0.1, 0.15) is 62.0 Å². The monoisotopic (exact) mass is 527 g/mol. The van der Waals surface area contributed by atoms with Crippen LogP contribution < -0.4 is 10.3 Å². The average molecular weight is 528 g/mol. The zero-order valence-electron chi connectivity index (χ0n) is 22.6. The fourth-order valence-corrected chi connectivity index (χ4v) is 6.24. The minimum atomic E-state index is -0.360. The van der Waals surface area contributed by atoms with Gasteiger partial charge < -0.3 is 9.72 Å². The SMILES string of the molecule is CCOc1ccc2[nH]c(=O)c(C(c3nnnn3Cc3ccccc3)N3CCN(C4CCCCC4)CC3)cc2c1. The normalized spacial score (nSPS) is 18.4. The molecule has 1 N–H and O–H groups in total. The van der Waals surface area contributed by atoms with Gasteiger partial charge in [-0.2, -0.15) is 0 Å². The Morgan fingerprint density at radius 3 is 2.56 bits per heavy atom. The molecule has 1 saturated heterocycles. The van der Waals surface area contributed by atoms with Crippen molar-refractivity contribution in [3.05, 3.63) is 81.9 Å². The Bertz CT molecular complexity index is 1440. The summed E-state index contributed by atoms with van der Waals surface area (Å²) >= 11 is 0. The van der Waals surface area contributed by atoms with E-state index < -0.39 is 0 Å². The molecule has 4 aromatic rings. The molecule has 2 aromatic heterocycles. The molecule has 39 heavy (non-hydrogen) atoms. The lowest BCUT2D eigenvalue weighted by Gasteiger charge is -2.43. The number of hydrogen-bond acceptors (Lipinski definition) is 7. The third-order valence-electron chi connectivity index (χ3n) is 8.23. The van der Waals surface area contributed by atoms with Gasteiger partial charge in [-0.1, -0.05) is 49.6 Å². The summed E-state index contributed by atoms with van der Waals surface area (Å²) in [5.74, 6) is 1.48. The zero-order chi connectivity index (χ0) is 26.6. The predicted molar refractivity (Wildman–Crippen MR) is 151 cm³/mol. The molecule has 9 heteroatoms. The van der Waals surface area contributed by atoms with Gasteiger partial charge in [0.25, 0.3) is 5.56 Å². The Kier molecular flexibility index (Phi) is 7.69. The first-order valence-electron chi connectivity index (χ1n) is 14.3. The molecule has 1 aliphatic heterocycles. The molecule has 2 aromatic carbocycles. The van der Waals surface area contributed by atoms with Crippen LogP contribution in [0, 0.1) is 0 Å². The number of hydrogen-bond donors (Lipinski definition) is 1. The maximum Gasteiger partial charge on any atom is 0.253 e. The summed E-state index contributed by atoms with van der Waals surface area (Å²) in [5, 5.41) is 13.9. The van der Waals surface area contributed by atoms with E-state index in [1.165, 1.54) is 32.1 Å². The molecule has 0 amide bonds. The van der Waals surface area contributed by atoms with Crippen molar-refractivity contribution in [1.29, 1.82) is 0 Å². The summed E-state index contributed by atoms with van der Waals surface area (Å²) in [6.45, 7) is 6.79. The van der Waals surface area contributed by atoms with Crippen LogP contribution in [0.3, 0.4) is 0 Å². The first-order chi connectivity index (χ1) is 19.2. The van der Waals surface area contributed by atoms with Gasteiger partial charge in [-0.3, -0.25) is 14.6 Å². The fraction of sp³-hybridized carbons (Fsp3) is 0.467. The van der Waals surface area contributed by atoms with Crippen molar-refractivity contribution >= 4 is 10.9 Å². The maximum atomic E-state index is 13.6. The zero-order valence-corrected chi connectivity index (χ0v) is 22.6. The number of benzene rings is 2. The highest BCUT2D eigenvalue weighted by Crippen LogP contribution is 2.31. The van der Waals surface area contributed by atoms with Crippen LogP contribution in [-0.2, 0) is 6.54 Å². The first-order valence-corrected chi connectivity index (χ1v) is 14.3. The standard InChI is InChI=1S/C30H37N7O2/c1-2-39-25-13-14-27-23(19-25)20-26(30(38)31-27)28(29-32-33-34-37(29)21-22-9-5-3-6-10-22)36-17-15-35(16-18-36)24-11-7-4-8-12-24/h3,5-6,9-10,13-14,19-20,24,28H,2,4,7-8,11-12,15-18,21H2,1H3,(H,31,38). The molecule has 0 bridgehead atoms. The lowest BCUT2D eigenvalue weighted by atomic mass is 9.93. The molecule has 0 radical (unpaired) electrons. The predicted octanol–water partition coefficient (Wildman–Crippen LogP) is 4.00. The smallest absolute Gasteiger partial charge is 0.253 e. The molecule has 9 nitrogen and oxygen atoms in total. The number of aromatic nitrogens is 5. The summed E-state index contributed by atoms with van der Waals surface area (Å²) in [5.41, 5.74) is 2.45. The number of aromatic amines is 1. The van der Waals surface area contributed by atoms with Crippen LogP contribution in [0.2, 0.25) is 0 Å². The molecule has 2 aliphatic rings. The van der Waals surface area contributed by atoms with Gasteiger partial charge in [0, 0.05) is 48.7 Å². The lowest BCUT2D eigenvalue weighted by Crippen LogP contribution is -2.52. The van der Waals surface area contributed by atoms with Crippen molar-refractivity contribution in [3.8, 4) is 5.75 Å². The van der Waals surface area contributed by atoms with Gasteiger partial charge in [-0.05, 0) is 60.0 Å². The van der Waals surface area contributed by atoms with E-state index in [9.17, 15) is 4.79 Å². The molecule has 204 valence electrons. The van der Waals surface area contributed by atoms with Crippen molar-refractivity contribution < 1.29 is 4.74 Å². The third kappa shape index (κ3) is 5.60. The third-order valence-corrected chi connectivity index (χ3v) is 8.23. The second-order valence-corrected chi connectivity index (χ2v) is 10.7. The van der Waals surface area contributed by atoms with E-state index in [1.54, 1.807) is 0 Å². The minimum absolute atomic E-state index is 0.111. The van der Waals surface area contributed by atoms with Gasteiger partial charge in [0.1, 0.15) is 11.8 Å². The summed E-state index contributed by atoms with van der Waals surface area (Å²) < 4.78 is 7.58. The number of pyridine rings is 1.